The van der Waals surface area contributed by atoms with E-state index < -0.39 is 0 Å². The van der Waals surface area contributed by atoms with Crippen molar-refractivity contribution in [1.29, 1.82) is 0 Å². The van der Waals surface area contributed by atoms with Crippen molar-refractivity contribution in [3.63, 3.8) is 0 Å². The van der Waals surface area contributed by atoms with Crippen LogP contribution in [0.4, 0.5) is 0 Å². The molecule has 0 saturated heterocycles. The molecule has 1 atom stereocenters. The molecular weight excluding hydrogens is 262 g/mol. The molecule has 0 spiro atoms. The van der Waals surface area contributed by atoms with Gasteiger partial charge >= 0.3 is 0 Å². The Bertz CT molecular complexity index is 451. The van der Waals surface area contributed by atoms with E-state index in [-0.39, 0.29) is 11.8 Å². The van der Waals surface area contributed by atoms with Crippen LogP contribution in [-0.4, -0.2) is 43.5 Å². The number of ether oxygens (including phenoxy) is 1. The predicted octanol–water partition coefficient (Wildman–Crippen LogP) is 3.18. The standard InChI is InChI=1S/C18H27NO2/c1-4-15-7-9-17(10-8-15)18(20)14(2)19(3)11-12-21-13-16-5-6-16/h7-10,14,16H,4-6,11-13H2,1-3H3. The van der Waals surface area contributed by atoms with Crippen molar-refractivity contribution >= 4 is 5.78 Å². The summed E-state index contributed by atoms with van der Waals surface area (Å²) in [4.78, 5) is 14.5. The lowest BCUT2D eigenvalue weighted by molar-refractivity contribution is 0.0749. The maximum absolute atomic E-state index is 12.5. The number of aryl methyl sites for hydroxylation is 1. The number of carbonyl (C=O) groups is 1. The van der Waals surface area contributed by atoms with E-state index >= 15 is 0 Å². The van der Waals surface area contributed by atoms with E-state index in [2.05, 4.69) is 11.8 Å². The number of hydrogen-bond donors (Lipinski definition) is 0. The molecular formula is C18H27NO2. The number of ketones is 1. The number of rotatable bonds is 9. The van der Waals surface area contributed by atoms with Gasteiger partial charge in [0, 0.05) is 18.7 Å². The van der Waals surface area contributed by atoms with Gasteiger partial charge in [0.2, 0.25) is 0 Å². The first kappa shape index (κ1) is 16.2. The molecule has 116 valence electrons. The summed E-state index contributed by atoms with van der Waals surface area (Å²) >= 11 is 0. The van der Waals surface area contributed by atoms with Gasteiger partial charge in [0.05, 0.1) is 12.6 Å². The summed E-state index contributed by atoms with van der Waals surface area (Å²) < 4.78 is 5.64. The maximum atomic E-state index is 12.5. The van der Waals surface area contributed by atoms with E-state index in [0.717, 1.165) is 31.1 Å². The molecule has 1 fully saturated rings. The number of carbonyl (C=O) groups excluding carboxylic acids is 1. The maximum Gasteiger partial charge on any atom is 0.179 e. The monoisotopic (exact) mass is 289 g/mol. The number of hydrogen-bond acceptors (Lipinski definition) is 3. The van der Waals surface area contributed by atoms with Gasteiger partial charge in [-0.25, -0.2) is 0 Å². The van der Waals surface area contributed by atoms with Crippen molar-refractivity contribution in [2.24, 2.45) is 5.92 Å². The molecule has 1 aromatic rings. The average Bonchev–Trinajstić information content (AvgIpc) is 3.34. The van der Waals surface area contributed by atoms with Crippen LogP contribution in [-0.2, 0) is 11.2 Å². The Balaban J connectivity index is 1.78. The van der Waals surface area contributed by atoms with Gasteiger partial charge in [0.25, 0.3) is 0 Å². The molecule has 1 saturated carbocycles. The fourth-order valence-corrected chi connectivity index (χ4v) is 2.28. The van der Waals surface area contributed by atoms with Gasteiger partial charge in [-0.2, -0.15) is 0 Å². The molecule has 0 amide bonds. The van der Waals surface area contributed by atoms with Crippen LogP contribution >= 0.6 is 0 Å². The highest BCUT2D eigenvalue weighted by Gasteiger charge is 2.22. The van der Waals surface area contributed by atoms with E-state index in [1.54, 1.807) is 0 Å². The predicted molar refractivity (Wildman–Crippen MR) is 85.8 cm³/mol. The normalized spacial score (nSPS) is 16.2. The lowest BCUT2D eigenvalue weighted by Gasteiger charge is -2.23. The Hall–Kier alpha value is -1.19. The second kappa shape index (κ2) is 7.71. The molecule has 0 heterocycles. The molecule has 0 aromatic heterocycles. The molecule has 0 N–H and O–H groups in total. The first-order chi connectivity index (χ1) is 10.1. The van der Waals surface area contributed by atoms with Gasteiger partial charge in [-0.05, 0) is 44.7 Å². The van der Waals surface area contributed by atoms with Crippen molar-refractivity contribution in [2.45, 2.75) is 39.2 Å². The summed E-state index contributed by atoms with van der Waals surface area (Å²) in [5.74, 6) is 0.980. The van der Waals surface area contributed by atoms with Gasteiger partial charge in [-0.1, -0.05) is 31.2 Å². The third-order valence-corrected chi connectivity index (χ3v) is 4.33. The van der Waals surface area contributed by atoms with Gasteiger partial charge < -0.3 is 4.74 Å². The highest BCUT2D eigenvalue weighted by Crippen LogP contribution is 2.28. The van der Waals surface area contributed by atoms with Crippen LogP contribution in [0.25, 0.3) is 0 Å². The summed E-state index contributed by atoms with van der Waals surface area (Å²) in [5.41, 5.74) is 2.06. The van der Waals surface area contributed by atoms with Crippen molar-refractivity contribution < 1.29 is 9.53 Å². The van der Waals surface area contributed by atoms with Crippen LogP contribution in [0.3, 0.4) is 0 Å². The second-order valence-corrected chi connectivity index (χ2v) is 6.09. The number of likely N-dealkylation sites (N-methyl/N-ethyl adjacent to an activating group) is 1. The Morgan fingerprint density at radius 3 is 2.57 bits per heavy atom. The molecule has 0 bridgehead atoms. The molecule has 3 nitrogen and oxygen atoms in total. The van der Waals surface area contributed by atoms with E-state index in [4.69, 9.17) is 4.74 Å². The number of nitrogens with zero attached hydrogens (tertiary/aromatic N) is 1. The molecule has 1 aliphatic carbocycles. The van der Waals surface area contributed by atoms with Crippen molar-refractivity contribution in [3.05, 3.63) is 35.4 Å². The van der Waals surface area contributed by atoms with Crippen LogP contribution in [0.15, 0.2) is 24.3 Å². The molecule has 2 rings (SSSR count). The smallest absolute Gasteiger partial charge is 0.179 e. The number of Topliss-reactive ketones (excluding diaryl/α,β-unsaturated/α-hetero) is 1. The third-order valence-electron chi connectivity index (χ3n) is 4.33. The first-order valence-electron chi connectivity index (χ1n) is 8.03. The second-order valence-electron chi connectivity index (χ2n) is 6.09. The molecule has 1 aromatic carbocycles. The van der Waals surface area contributed by atoms with Gasteiger partial charge in [0.1, 0.15) is 0 Å². The van der Waals surface area contributed by atoms with Gasteiger partial charge in [-0.3, -0.25) is 9.69 Å². The van der Waals surface area contributed by atoms with Crippen LogP contribution < -0.4 is 0 Å². The summed E-state index contributed by atoms with van der Waals surface area (Å²) in [7, 11) is 1.99. The van der Waals surface area contributed by atoms with Crippen molar-refractivity contribution in [3.8, 4) is 0 Å². The van der Waals surface area contributed by atoms with Crippen molar-refractivity contribution in [1.82, 2.24) is 4.90 Å². The largest absolute Gasteiger partial charge is 0.380 e. The molecule has 0 radical (unpaired) electrons. The summed E-state index contributed by atoms with van der Waals surface area (Å²) in [5, 5.41) is 0. The molecule has 1 unspecified atom stereocenters. The quantitative estimate of drug-likeness (QED) is 0.516. The SMILES string of the molecule is CCc1ccc(C(=O)C(C)N(C)CCOCC2CC2)cc1. The topological polar surface area (TPSA) is 29.5 Å². The molecule has 0 aliphatic heterocycles. The van der Waals surface area contributed by atoms with Crippen LogP contribution in [0.5, 0.6) is 0 Å². The summed E-state index contributed by atoms with van der Waals surface area (Å²) in [6.45, 7) is 6.48. The zero-order valence-electron chi connectivity index (χ0n) is 13.5. The highest BCUT2D eigenvalue weighted by atomic mass is 16.5. The Morgan fingerprint density at radius 2 is 2.00 bits per heavy atom. The van der Waals surface area contributed by atoms with Crippen LogP contribution in [0, 0.1) is 5.92 Å². The average molecular weight is 289 g/mol. The molecule has 1 aliphatic rings. The van der Waals surface area contributed by atoms with E-state index in [1.807, 2.05) is 38.2 Å². The summed E-state index contributed by atoms with van der Waals surface area (Å²) in [6.07, 6.45) is 3.64. The highest BCUT2D eigenvalue weighted by molar-refractivity contribution is 5.99. The fraction of sp³-hybridized carbons (Fsp3) is 0.611. The molecule has 21 heavy (non-hydrogen) atoms. The Labute approximate surface area is 128 Å². The minimum atomic E-state index is -0.109. The molecule has 3 heteroatoms. The first-order valence-corrected chi connectivity index (χ1v) is 8.03. The third kappa shape index (κ3) is 4.94. The van der Waals surface area contributed by atoms with Gasteiger partial charge in [0.15, 0.2) is 5.78 Å². The Morgan fingerprint density at radius 1 is 1.33 bits per heavy atom. The van der Waals surface area contributed by atoms with Crippen LogP contribution in [0.1, 0.15) is 42.6 Å². The Kier molecular flexibility index (Phi) is 5.95. The fourth-order valence-electron chi connectivity index (χ4n) is 2.28. The van der Waals surface area contributed by atoms with Crippen molar-refractivity contribution in [2.75, 3.05) is 26.8 Å². The van der Waals surface area contributed by atoms with Gasteiger partial charge in [-0.15, -0.1) is 0 Å². The lowest BCUT2D eigenvalue weighted by atomic mass is 10.0. The van der Waals surface area contributed by atoms with E-state index in [9.17, 15) is 4.79 Å². The van der Waals surface area contributed by atoms with E-state index in [0.29, 0.717) is 6.61 Å². The minimum Gasteiger partial charge on any atom is -0.380 e. The zero-order valence-corrected chi connectivity index (χ0v) is 13.5. The lowest BCUT2D eigenvalue weighted by Crippen LogP contribution is -2.38. The summed E-state index contributed by atoms with van der Waals surface area (Å²) in [6, 6.07) is 7.85. The van der Waals surface area contributed by atoms with Crippen LogP contribution in [0.2, 0.25) is 0 Å². The number of benzene rings is 1. The van der Waals surface area contributed by atoms with E-state index in [1.165, 1.54) is 18.4 Å². The zero-order chi connectivity index (χ0) is 15.2. The minimum absolute atomic E-state index is 0.109.